The summed E-state index contributed by atoms with van der Waals surface area (Å²) in [7, 11) is -4.93. The van der Waals surface area contributed by atoms with Crippen molar-refractivity contribution in [1.82, 2.24) is 0 Å². The number of hydrogen-bond acceptors (Lipinski definition) is 8. The average molecular weight is 525 g/mol. The largest absolute Gasteiger partial charge is 0.409 e. The van der Waals surface area contributed by atoms with Crippen LogP contribution in [-0.2, 0) is 27.4 Å². The molecule has 32 heavy (non-hydrogen) atoms. The van der Waals surface area contributed by atoms with Crippen LogP contribution in [0.15, 0.2) is 10.3 Å². The van der Waals surface area contributed by atoms with Gasteiger partial charge in [-0.05, 0) is 78.6 Å². The summed E-state index contributed by atoms with van der Waals surface area (Å²) in [6, 6.07) is 0. The second kappa shape index (κ2) is 12.9. The Morgan fingerprint density at radius 1 is 0.469 bits per heavy atom. The van der Waals surface area contributed by atoms with Gasteiger partial charge in [0, 0.05) is 0 Å². The second-order valence-corrected chi connectivity index (χ2v) is 29.5. The van der Waals surface area contributed by atoms with Crippen LogP contribution >= 0.6 is 0 Å². The molecule has 0 saturated carbocycles. The molecule has 12 heteroatoms. The van der Waals surface area contributed by atoms with Crippen LogP contribution in [0.3, 0.4) is 0 Å². The minimum atomic E-state index is -2.02. The lowest BCUT2D eigenvalue weighted by Crippen LogP contribution is -2.59. The fourth-order valence-electron chi connectivity index (χ4n) is 2.88. The topological polar surface area (TPSA) is 80.1 Å². The fraction of sp³-hybridized carbons (Fsp3) is 0.900. The minimum absolute atomic E-state index is 0.455. The molecule has 0 radical (unpaired) electrons. The van der Waals surface area contributed by atoms with Gasteiger partial charge in [-0.3, -0.25) is 0 Å². The van der Waals surface area contributed by atoms with Crippen LogP contribution in [0, 0.1) is 0 Å². The van der Waals surface area contributed by atoms with E-state index in [0.717, 1.165) is 0 Å². The Bertz CT molecular complexity index is 543. The lowest BCUT2D eigenvalue weighted by atomic mass is 10.0. The Kier molecular flexibility index (Phi) is 12.8. The molecular weight excluding hydrogens is 477 g/mol. The van der Waals surface area contributed by atoms with Gasteiger partial charge in [-0.2, -0.15) is 0 Å². The molecule has 0 rings (SSSR count). The molecule has 0 unspecified atom stereocenters. The van der Waals surface area contributed by atoms with E-state index in [1.807, 2.05) is 0 Å². The highest BCUT2D eigenvalue weighted by atomic mass is 28.4. The summed E-state index contributed by atoms with van der Waals surface area (Å²) in [4.78, 5) is 10.0. The maximum absolute atomic E-state index is 6.75. The van der Waals surface area contributed by atoms with Crippen molar-refractivity contribution in [3.63, 3.8) is 0 Å². The summed E-state index contributed by atoms with van der Waals surface area (Å²) in [5.41, 5.74) is 0. The Morgan fingerprint density at radius 2 is 0.719 bits per heavy atom. The minimum Gasteiger partial charge on any atom is -0.409 e. The first-order valence-electron chi connectivity index (χ1n) is 11.1. The molecule has 0 N–H and O–H groups in total. The quantitative estimate of drug-likeness (QED) is 0.168. The van der Waals surface area contributed by atoms with E-state index in [1.54, 1.807) is 12.4 Å². The van der Waals surface area contributed by atoms with E-state index in [4.69, 9.17) is 27.4 Å². The zero-order valence-electron chi connectivity index (χ0n) is 22.8. The Labute approximate surface area is 200 Å². The third-order valence-electron chi connectivity index (χ3n) is 3.56. The molecular formula is C20H48N2O6Si4. The lowest BCUT2D eigenvalue weighted by Gasteiger charge is -2.43. The van der Waals surface area contributed by atoms with Crippen molar-refractivity contribution in [3.8, 4) is 0 Å². The van der Waals surface area contributed by atoms with Crippen LogP contribution in [0.2, 0.25) is 78.6 Å². The first kappa shape index (κ1) is 31.6. The van der Waals surface area contributed by atoms with Gasteiger partial charge < -0.3 is 27.4 Å². The van der Waals surface area contributed by atoms with E-state index in [1.165, 1.54) is 14.2 Å². The molecule has 0 fully saturated rings. The summed E-state index contributed by atoms with van der Waals surface area (Å²) in [6.45, 7) is 25.8. The van der Waals surface area contributed by atoms with Gasteiger partial charge >= 0.3 is 0 Å². The van der Waals surface area contributed by atoms with Crippen LogP contribution in [0.4, 0.5) is 0 Å². The number of nitrogens with zero attached hydrogens (tertiary/aromatic N) is 2. The molecule has 4 atom stereocenters. The Hall–Kier alpha value is -0.352. The molecule has 0 heterocycles. The number of rotatable bonds is 15. The summed E-state index contributed by atoms with van der Waals surface area (Å²) in [5, 5.41) is 8.11. The smallest absolute Gasteiger partial charge is 0.184 e. The highest BCUT2D eigenvalue weighted by Gasteiger charge is 2.44. The predicted octanol–water partition coefficient (Wildman–Crippen LogP) is 5.13. The molecule has 0 aromatic heterocycles. The molecule has 0 aliphatic heterocycles. The fourth-order valence-corrected chi connectivity index (χ4v) is 7.07. The Balaban J connectivity index is 6.69. The van der Waals surface area contributed by atoms with E-state index in [0.29, 0.717) is 0 Å². The monoisotopic (exact) mass is 524 g/mol. The molecule has 0 aliphatic rings. The lowest BCUT2D eigenvalue weighted by molar-refractivity contribution is -0.0423. The first-order chi connectivity index (χ1) is 14.3. The van der Waals surface area contributed by atoms with Crippen molar-refractivity contribution in [2.45, 2.75) is 103 Å². The predicted molar refractivity (Wildman–Crippen MR) is 144 cm³/mol. The third-order valence-corrected chi connectivity index (χ3v) is 7.47. The second-order valence-electron chi connectivity index (χ2n) is 11.7. The average Bonchev–Trinajstić information content (AvgIpc) is 2.54. The van der Waals surface area contributed by atoms with Crippen LogP contribution in [-0.4, -0.2) is 84.3 Å². The molecule has 0 bridgehead atoms. The van der Waals surface area contributed by atoms with Crippen LogP contribution < -0.4 is 0 Å². The highest BCUT2D eigenvalue weighted by Crippen LogP contribution is 2.27. The molecule has 0 aliphatic carbocycles. The normalized spacial score (nSPS) is 18.1. The van der Waals surface area contributed by atoms with Gasteiger partial charge in [0.1, 0.15) is 38.6 Å². The Morgan fingerprint density at radius 3 is 0.906 bits per heavy atom. The van der Waals surface area contributed by atoms with E-state index < -0.39 is 57.7 Å². The van der Waals surface area contributed by atoms with Crippen molar-refractivity contribution in [1.29, 1.82) is 0 Å². The maximum atomic E-state index is 6.75. The third kappa shape index (κ3) is 15.5. The maximum Gasteiger partial charge on any atom is 0.184 e. The van der Waals surface area contributed by atoms with Gasteiger partial charge in [0.05, 0.1) is 12.4 Å². The highest BCUT2D eigenvalue weighted by molar-refractivity contribution is 6.71. The van der Waals surface area contributed by atoms with Gasteiger partial charge in [-0.15, -0.1) is 0 Å². The van der Waals surface area contributed by atoms with Crippen LogP contribution in [0.1, 0.15) is 0 Å². The molecule has 0 aromatic rings. The first-order valence-corrected chi connectivity index (χ1v) is 24.8. The molecule has 0 amide bonds. The summed E-state index contributed by atoms with van der Waals surface area (Å²) in [5.74, 6) is 0. The molecule has 0 aromatic carbocycles. The number of hydrogen-bond donors (Lipinski definition) is 0. The van der Waals surface area contributed by atoms with Crippen molar-refractivity contribution in [2.24, 2.45) is 10.3 Å². The van der Waals surface area contributed by atoms with E-state index >= 15 is 0 Å². The number of oxime groups is 2. The van der Waals surface area contributed by atoms with E-state index in [-0.39, 0.29) is 0 Å². The molecule has 190 valence electrons. The van der Waals surface area contributed by atoms with Gasteiger partial charge in [-0.25, -0.2) is 0 Å². The van der Waals surface area contributed by atoms with Gasteiger partial charge in [0.2, 0.25) is 0 Å². The van der Waals surface area contributed by atoms with Gasteiger partial charge in [0.25, 0.3) is 0 Å². The van der Waals surface area contributed by atoms with Crippen molar-refractivity contribution < 1.29 is 27.4 Å². The molecule has 8 nitrogen and oxygen atoms in total. The summed E-state index contributed by atoms with van der Waals surface area (Å²) in [6.07, 6.45) is 1.54. The van der Waals surface area contributed by atoms with Gasteiger partial charge in [-0.1, -0.05) is 10.3 Å². The molecule has 0 saturated heterocycles. The van der Waals surface area contributed by atoms with Crippen molar-refractivity contribution in [3.05, 3.63) is 0 Å². The summed E-state index contributed by atoms with van der Waals surface area (Å²) >= 11 is 0. The van der Waals surface area contributed by atoms with Crippen LogP contribution in [0.25, 0.3) is 0 Å². The van der Waals surface area contributed by atoms with E-state index in [9.17, 15) is 0 Å². The van der Waals surface area contributed by atoms with Crippen LogP contribution in [0.5, 0.6) is 0 Å². The zero-order chi connectivity index (χ0) is 25.4. The SMILES string of the molecule is CO/N=C\[C@H](O[Si](C)(C)C)[C@@H](O[Si](C)(C)C)[C@H](O[Si](C)(C)C)[C@@H](/C=N\OC)O[Si](C)(C)C. The summed E-state index contributed by atoms with van der Waals surface area (Å²) < 4.78 is 26.6. The van der Waals surface area contributed by atoms with Crippen molar-refractivity contribution >= 4 is 45.7 Å². The standard InChI is InChI=1S/C20H48N2O6Si4/c1-23-21-15-17(25-29(3,4)5)19(27-31(9,10)11)20(28-32(12,13)14)18(16-22-24-2)26-30(6,7)8/h15-20H,1-14H3/b21-15-,22-16-/t17-,18+,19-,20-/m1/s1. The van der Waals surface area contributed by atoms with E-state index in [2.05, 4.69) is 88.9 Å². The molecule has 0 spiro atoms. The van der Waals surface area contributed by atoms with Gasteiger partial charge in [0.15, 0.2) is 33.3 Å². The zero-order valence-corrected chi connectivity index (χ0v) is 26.8. The van der Waals surface area contributed by atoms with Crippen molar-refractivity contribution in [2.75, 3.05) is 14.2 Å².